The zero-order chi connectivity index (χ0) is 15.8. The molecule has 1 aromatic carbocycles. The van der Waals surface area contributed by atoms with Gasteiger partial charge in [-0.3, -0.25) is 0 Å². The number of hydrogen-bond donors (Lipinski definition) is 0. The van der Waals surface area contributed by atoms with Gasteiger partial charge in [-0.05, 0) is 52.6 Å². The van der Waals surface area contributed by atoms with Crippen LogP contribution < -0.4 is 10.2 Å². The normalized spacial score (nSPS) is 17.2. The quantitative estimate of drug-likeness (QED) is 0.675. The molecule has 1 heterocycles. The molecule has 0 aromatic heterocycles. The number of piperidine rings is 1. The van der Waals surface area contributed by atoms with Crippen molar-refractivity contribution in [2.45, 2.75) is 71.6 Å². The van der Waals surface area contributed by atoms with Gasteiger partial charge < -0.3 is 4.90 Å². The van der Waals surface area contributed by atoms with Crippen molar-refractivity contribution in [2.24, 2.45) is 0 Å². The fraction of sp³-hybridized carbons (Fsp3) is 0.684. The van der Waals surface area contributed by atoms with Gasteiger partial charge in [0.1, 0.15) is 0 Å². The van der Waals surface area contributed by atoms with Gasteiger partial charge >= 0.3 is 0 Å². The summed E-state index contributed by atoms with van der Waals surface area (Å²) < 4.78 is 0. The fourth-order valence-corrected chi connectivity index (χ4v) is 3.87. The van der Waals surface area contributed by atoms with E-state index < -0.39 is 0 Å². The van der Waals surface area contributed by atoms with Crippen molar-refractivity contribution in [3.8, 4) is 0 Å². The predicted octanol–water partition coefficient (Wildman–Crippen LogP) is 4.77. The summed E-state index contributed by atoms with van der Waals surface area (Å²) in [5, 5.41) is 1.40. The molecule has 0 bridgehead atoms. The van der Waals surface area contributed by atoms with Crippen LogP contribution in [0.1, 0.15) is 71.9 Å². The molecule has 0 amide bonds. The molecule has 0 N–H and O–H groups in total. The topological polar surface area (TPSA) is 3.24 Å². The molecule has 118 valence electrons. The zero-order valence-electron chi connectivity index (χ0n) is 14.7. The van der Waals surface area contributed by atoms with E-state index >= 15 is 0 Å². The molecule has 2 heteroatoms. The van der Waals surface area contributed by atoms with Crippen LogP contribution in [0, 0.1) is 0 Å². The lowest BCUT2D eigenvalue weighted by molar-refractivity contribution is 0.562. The lowest BCUT2D eigenvalue weighted by atomic mass is 9.80. The van der Waals surface area contributed by atoms with Gasteiger partial charge in [-0.2, -0.15) is 0 Å². The van der Waals surface area contributed by atoms with E-state index in [2.05, 4.69) is 67.8 Å². The molecular weight excluding hydrogens is 273 g/mol. The number of rotatable bonds is 1. The van der Waals surface area contributed by atoms with Gasteiger partial charge in [0.15, 0.2) is 0 Å². The maximum absolute atomic E-state index is 3.03. The molecule has 1 nitrogen and oxygen atoms in total. The van der Waals surface area contributed by atoms with Crippen molar-refractivity contribution < 1.29 is 0 Å². The summed E-state index contributed by atoms with van der Waals surface area (Å²) in [5.74, 6) is 0. The zero-order valence-corrected chi connectivity index (χ0v) is 15.9. The minimum atomic E-state index is 0.183. The van der Waals surface area contributed by atoms with Gasteiger partial charge in [-0.1, -0.05) is 47.6 Å². The molecule has 1 fully saturated rings. The molecule has 21 heavy (non-hydrogen) atoms. The first-order valence-corrected chi connectivity index (χ1v) is 8.88. The Balaban J connectivity index is 2.57. The van der Waals surface area contributed by atoms with E-state index in [0.717, 1.165) is 0 Å². The molecular formula is C19H32NP. The standard InChI is InChI=1S/C19H32NP/c1-18(2,3)14-12-15(19(4,5)6)17(21)16(13-14)20-10-8-7-9-11-20/h12-13H,7-11,21H2,1-6H3. The Labute approximate surface area is 133 Å². The molecule has 0 aliphatic carbocycles. The van der Waals surface area contributed by atoms with E-state index in [0.29, 0.717) is 0 Å². The van der Waals surface area contributed by atoms with Crippen molar-refractivity contribution >= 4 is 20.2 Å². The molecule has 1 unspecified atom stereocenters. The van der Waals surface area contributed by atoms with Gasteiger partial charge in [0, 0.05) is 18.8 Å². The first kappa shape index (κ1) is 16.8. The molecule has 1 aliphatic heterocycles. The van der Waals surface area contributed by atoms with E-state index in [1.54, 1.807) is 0 Å². The summed E-state index contributed by atoms with van der Waals surface area (Å²) in [6.07, 6.45) is 4.04. The summed E-state index contributed by atoms with van der Waals surface area (Å²) in [6, 6.07) is 4.86. The fourth-order valence-electron chi connectivity index (χ4n) is 3.09. The summed E-state index contributed by atoms with van der Waals surface area (Å²) in [5.41, 5.74) is 4.75. The predicted molar refractivity (Wildman–Crippen MR) is 99.3 cm³/mol. The molecule has 1 aliphatic rings. The highest BCUT2D eigenvalue weighted by molar-refractivity contribution is 7.28. The van der Waals surface area contributed by atoms with E-state index in [-0.39, 0.29) is 10.8 Å². The Morgan fingerprint density at radius 2 is 1.43 bits per heavy atom. The lowest BCUT2D eigenvalue weighted by Crippen LogP contribution is -2.34. The number of benzene rings is 1. The van der Waals surface area contributed by atoms with Crippen molar-refractivity contribution in [1.82, 2.24) is 0 Å². The molecule has 1 aromatic rings. The smallest absolute Gasteiger partial charge is 0.0444 e. The maximum atomic E-state index is 3.03. The maximum Gasteiger partial charge on any atom is 0.0444 e. The molecule has 1 saturated heterocycles. The van der Waals surface area contributed by atoms with Crippen LogP contribution in [0.2, 0.25) is 0 Å². The van der Waals surface area contributed by atoms with Crippen molar-refractivity contribution in [3.63, 3.8) is 0 Å². The lowest BCUT2D eigenvalue weighted by Gasteiger charge is -2.35. The van der Waals surface area contributed by atoms with E-state index in [1.165, 1.54) is 54.5 Å². The van der Waals surface area contributed by atoms with Gasteiger partial charge in [-0.15, -0.1) is 9.24 Å². The first-order valence-electron chi connectivity index (χ1n) is 8.30. The van der Waals surface area contributed by atoms with E-state index in [9.17, 15) is 0 Å². The monoisotopic (exact) mass is 305 g/mol. The van der Waals surface area contributed by atoms with Crippen LogP contribution in [0.25, 0.3) is 0 Å². The highest BCUT2D eigenvalue weighted by Gasteiger charge is 2.25. The van der Waals surface area contributed by atoms with Gasteiger partial charge in [0.2, 0.25) is 0 Å². The summed E-state index contributed by atoms with van der Waals surface area (Å²) in [4.78, 5) is 2.59. The second kappa shape index (κ2) is 5.92. The van der Waals surface area contributed by atoms with Crippen LogP contribution in [-0.4, -0.2) is 13.1 Å². The summed E-state index contributed by atoms with van der Waals surface area (Å²) in [7, 11) is 3.03. The Hall–Kier alpha value is -0.550. The molecule has 2 rings (SSSR count). The average Bonchev–Trinajstić information content (AvgIpc) is 2.37. The van der Waals surface area contributed by atoms with Crippen LogP contribution in [0.4, 0.5) is 5.69 Å². The third kappa shape index (κ3) is 3.81. The van der Waals surface area contributed by atoms with Crippen molar-refractivity contribution in [1.29, 1.82) is 0 Å². The first-order chi connectivity index (χ1) is 9.60. The van der Waals surface area contributed by atoms with Crippen LogP contribution in [0.15, 0.2) is 12.1 Å². The Bertz CT molecular complexity index is 500. The second-order valence-electron chi connectivity index (χ2n) is 8.50. The minimum absolute atomic E-state index is 0.183. The van der Waals surface area contributed by atoms with Gasteiger partial charge in [-0.25, -0.2) is 0 Å². The van der Waals surface area contributed by atoms with Crippen LogP contribution in [0.5, 0.6) is 0 Å². The van der Waals surface area contributed by atoms with Crippen molar-refractivity contribution in [2.75, 3.05) is 18.0 Å². The number of anilines is 1. The minimum Gasteiger partial charge on any atom is -0.371 e. The van der Waals surface area contributed by atoms with E-state index in [1.807, 2.05) is 0 Å². The SMILES string of the molecule is CC(C)(C)c1cc(N2CCCCC2)c(P)c(C(C)(C)C)c1. The molecule has 1 atom stereocenters. The number of nitrogens with zero attached hydrogens (tertiary/aromatic N) is 1. The molecule has 0 saturated carbocycles. The average molecular weight is 305 g/mol. The van der Waals surface area contributed by atoms with E-state index in [4.69, 9.17) is 0 Å². The van der Waals surface area contributed by atoms with Crippen LogP contribution >= 0.6 is 9.24 Å². The highest BCUT2D eigenvalue weighted by atomic mass is 31.0. The van der Waals surface area contributed by atoms with Gasteiger partial charge in [0.05, 0.1) is 0 Å². The largest absolute Gasteiger partial charge is 0.371 e. The van der Waals surface area contributed by atoms with Crippen LogP contribution in [-0.2, 0) is 10.8 Å². The third-order valence-electron chi connectivity index (χ3n) is 4.53. The third-order valence-corrected chi connectivity index (χ3v) is 5.14. The van der Waals surface area contributed by atoms with Gasteiger partial charge in [0.25, 0.3) is 0 Å². The molecule has 0 spiro atoms. The Kier molecular flexibility index (Phi) is 4.74. The summed E-state index contributed by atoms with van der Waals surface area (Å²) >= 11 is 0. The van der Waals surface area contributed by atoms with Crippen molar-refractivity contribution in [3.05, 3.63) is 23.3 Å². The highest BCUT2D eigenvalue weighted by Crippen LogP contribution is 2.34. The van der Waals surface area contributed by atoms with Crippen LogP contribution in [0.3, 0.4) is 0 Å². The summed E-state index contributed by atoms with van der Waals surface area (Å²) in [6.45, 7) is 16.3. The molecule has 0 radical (unpaired) electrons. The Morgan fingerprint density at radius 3 is 1.90 bits per heavy atom. The number of hydrogen-bond acceptors (Lipinski definition) is 1. The second-order valence-corrected chi connectivity index (χ2v) is 9.08. The Morgan fingerprint density at radius 1 is 0.857 bits per heavy atom.